The SMILES string of the molecule is COC(=O)[C@@H]1CC(=O)CN1C(=O)c1cc(C2CC2)c(OCC23CC4CC(CC(C4)C2)C3)cc1F. The van der Waals surface area contributed by atoms with Gasteiger partial charge in [0.25, 0.3) is 5.91 Å². The minimum atomic E-state index is -0.999. The molecule has 0 aromatic heterocycles. The summed E-state index contributed by atoms with van der Waals surface area (Å²) in [5.74, 6) is 1.07. The molecule has 34 heavy (non-hydrogen) atoms. The van der Waals surface area contributed by atoms with Gasteiger partial charge in [0.2, 0.25) is 0 Å². The molecule has 7 rings (SSSR count). The minimum Gasteiger partial charge on any atom is -0.493 e. The van der Waals surface area contributed by atoms with E-state index in [-0.39, 0.29) is 35.6 Å². The Hall–Kier alpha value is -2.44. The molecule has 6 nitrogen and oxygen atoms in total. The highest BCUT2D eigenvalue weighted by Gasteiger charge is 2.51. The van der Waals surface area contributed by atoms with E-state index in [0.29, 0.717) is 12.4 Å². The maximum absolute atomic E-state index is 15.3. The van der Waals surface area contributed by atoms with Crippen LogP contribution in [0.1, 0.15) is 79.6 Å². The van der Waals surface area contributed by atoms with Gasteiger partial charge in [-0.25, -0.2) is 9.18 Å². The smallest absolute Gasteiger partial charge is 0.329 e. The average molecular weight is 470 g/mol. The first-order chi connectivity index (χ1) is 16.3. The van der Waals surface area contributed by atoms with Crippen molar-refractivity contribution in [3.05, 3.63) is 29.1 Å². The summed E-state index contributed by atoms with van der Waals surface area (Å²) in [4.78, 5) is 38.4. The second kappa shape index (κ2) is 8.06. The van der Waals surface area contributed by atoms with Crippen molar-refractivity contribution in [1.82, 2.24) is 4.90 Å². The van der Waals surface area contributed by atoms with E-state index in [1.807, 2.05) is 0 Å². The van der Waals surface area contributed by atoms with Crippen molar-refractivity contribution in [3.8, 4) is 5.75 Å². The number of nitrogens with zero attached hydrogens (tertiary/aromatic N) is 1. The fourth-order valence-corrected chi connectivity index (χ4v) is 7.68. The number of methoxy groups -OCH3 is 1. The van der Waals surface area contributed by atoms with Crippen LogP contribution in [0.4, 0.5) is 4.39 Å². The second-order valence-corrected chi connectivity index (χ2v) is 11.6. The van der Waals surface area contributed by atoms with E-state index in [1.54, 1.807) is 6.07 Å². The van der Waals surface area contributed by atoms with Gasteiger partial charge in [0.15, 0.2) is 5.78 Å². The summed E-state index contributed by atoms with van der Waals surface area (Å²) in [6.07, 6.45) is 9.62. The number of hydrogen-bond acceptors (Lipinski definition) is 5. The molecule has 0 N–H and O–H groups in total. The van der Waals surface area contributed by atoms with E-state index < -0.39 is 23.7 Å². The van der Waals surface area contributed by atoms with Crippen molar-refractivity contribution < 1.29 is 28.2 Å². The monoisotopic (exact) mass is 469 g/mol. The molecule has 4 bridgehead atoms. The van der Waals surface area contributed by atoms with E-state index >= 15 is 4.39 Å². The highest BCUT2D eigenvalue weighted by Crippen LogP contribution is 2.60. The lowest BCUT2D eigenvalue weighted by Crippen LogP contribution is -2.48. The van der Waals surface area contributed by atoms with Crippen LogP contribution in [-0.4, -0.2) is 48.9 Å². The zero-order chi connectivity index (χ0) is 23.6. The Morgan fingerprint density at radius 2 is 1.74 bits per heavy atom. The lowest BCUT2D eigenvalue weighted by Gasteiger charge is -2.56. The highest BCUT2D eigenvalue weighted by molar-refractivity contribution is 6.03. The van der Waals surface area contributed by atoms with E-state index in [9.17, 15) is 14.4 Å². The summed E-state index contributed by atoms with van der Waals surface area (Å²) in [5.41, 5.74) is 0.978. The number of carbonyl (C=O) groups is 3. The van der Waals surface area contributed by atoms with Gasteiger partial charge >= 0.3 is 5.97 Å². The molecule has 1 amide bonds. The zero-order valence-electron chi connectivity index (χ0n) is 19.7. The number of Topliss-reactive ketones (excluding diaryl/α,β-unsaturated/α-hetero) is 1. The molecular weight excluding hydrogens is 437 g/mol. The van der Waals surface area contributed by atoms with Gasteiger partial charge < -0.3 is 14.4 Å². The Morgan fingerprint density at radius 3 is 2.32 bits per heavy atom. The van der Waals surface area contributed by atoms with E-state index in [2.05, 4.69) is 0 Å². The maximum Gasteiger partial charge on any atom is 0.329 e. The summed E-state index contributed by atoms with van der Waals surface area (Å²) >= 11 is 0. The first-order valence-electron chi connectivity index (χ1n) is 12.7. The lowest BCUT2D eigenvalue weighted by atomic mass is 9.50. The number of benzene rings is 1. The summed E-state index contributed by atoms with van der Waals surface area (Å²) in [5, 5.41) is 0. The number of hydrogen-bond donors (Lipinski definition) is 0. The van der Waals surface area contributed by atoms with Crippen LogP contribution in [0.15, 0.2) is 12.1 Å². The minimum absolute atomic E-state index is 0.0955. The van der Waals surface area contributed by atoms with E-state index in [4.69, 9.17) is 9.47 Å². The molecule has 0 spiro atoms. The van der Waals surface area contributed by atoms with Crippen LogP contribution in [0, 0.1) is 29.0 Å². The van der Waals surface area contributed by atoms with Gasteiger partial charge in [-0.2, -0.15) is 0 Å². The van der Waals surface area contributed by atoms with Gasteiger partial charge in [-0.15, -0.1) is 0 Å². The molecule has 0 unspecified atom stereocenters. The highest BCUT2D eigenvalue weighted by atomic mass is 19.1. The number of amides is 1. The normalized spacial score (nSPS) is 33.9. The standard InChI is InChI=1S/C27H32FNO5/c1-33-26(32)23-7-19(30)13-29(23)25(31)21-8-20(18-2-3-18)24(9-22(21)28)34-14-27-10-15-4-16(11-27)6-17(5-15)12-27/h8-9,15-18,23H,2-7,10-14H2,1H3/t15?,16?,17?,23-,27?/m0/s1. The van der Waals surface area contributed by atoms with Gasteiger partial charge in [-0.1, -0.05) is 0 Å². The molecule has 1 aromatic rings. The molecule has 1 saturated heterocycles. The van der Waals surface area contributed by atoms with Crippen LogP contribution in [-0.2, 0) is 14.3 Å². The van der Waals surface area contributed by atoms with Gasteiger partial charge in [-0.05, 0) is 86.7 Å². The lowest BCUT2D eigenvalue weighted by molar-refractivity contribution is -0.145. The molecule has 1 atom stereocenters. The van der Waals surface area contributed by atoms with Crippen LogP contribution in [0.5, 0.6) is 5.75 Å². The van der Waals surface area contributed by atoms with Crippen molar-refractivity contribution in [1.29, 1.82) is 0 Å². The number of rotatable bonds is 6. The van der Waals surface area contributed by atoms with Crippen LogP contribution in [0.25, 0.3) is 0 Å². The molecule has 1 aromatic carbocycles. The third-order valence-electron chi connectivity index (χ3n) is 8.92. The van der Waals surface area contributed by atoms with Gasteiger partial charge in [-0.3, -0.25) is 9.59 Å². The summed E-state index contributed by atoms with van der Waals surface area (Å²) < 4.78 is 26.4. The Labute approximate surface area is 199 Å². The number of ether oxygens (including phenoxy) is 2. The first kappa shape index (κ1) is 22.1. The third kappa shape index (κ3) is 3.81. The van der Waals surface area contributed by atoms with Crippen molar-refractivity contribution in [2.45, 2.75) is 69.7 Å². The van der Waals surface area contributed by atoms with Crippen molar-refractivity contribution in [2.24, 2.45) is 23.2 Å². The molecule has 1 heterocycles. The topological polar surface area (TPSA) is 72.9 Å². The maximum atomic E-state index is 15.3. The van der Waals surface area contributed by atoms with Gasteiger partial charge in [0, 0.05) is 17.9 Å². The number of halogens is 1. The third-order valence-corrected chi connectivity index (χ3v) is 8.92. The molecule has 5 saturated carbocycles. The van der Waals surface area contributed by atoms with Crippen LogP contribution >= 0.6 is 0 Å². The molecule has 6 aliphatic rings. The molecule has 7 heteroatoms. The Balaban J connectivity index is 1.24. The number of ketones is 1. The summed E-state index contributed by atoms with van der Waals surface area (Å²) in [7, 11) is 1.22. The number of likely N-dealkylation sites (tertiary alicyclic amines) is 1. The Kier molecular flexibility index (Phi) is 5.23. The summed E-state index contributed by atoms with van der Waals surface area (Å²) in [6.45, 7) is 0.412. The van der Waals surface area contributed by atoms with Crippen LogP contribution in [0.2, 0.25) is 0 Å². The Morgan fingerprint density at radius 1 is 1.09 bits per heavy atom. The van der Waals surface area contributed by atoms with Crippen LogP contribution < -0.4 is 4.74 Å². The van der Waals surface area contributed by atoms with Gasteiger partial charge in [0.1, 0.15) is 17.6 Å². The Bertz CT molecular complexity index is 1010. The van der Waals surface area contributed by atoms with E-state index in [1.165, 1.54) is 51.7 Å². The van der Waals surface area contributed by atoms with Gasteiger partial charge in [0.05, 0.1) is 25.8 Å². The molecular formula is C27H32FNO5. The number of esters is 1. The summed E-state index contributed by atoms with van der Waals surface area (Å²) in [6, 6.07) is 1.95. The average Bonchev–Trinajstić information content (AvgIpc) is 3.56. The van der Waals surface area contributed by atoms with E-state index in [0.717, 1.165) is 41.1 Å². The zero-order valence-corrected chi connectivity index (χ0v) is 19.7. The fraction of sp³-hybridized carbons (Fsp3) is 0.667. The van der Waals surface area contributed by atoms with Crippen molar-refractivity contribution >= 4 is 17.7 Å². The van der Waals surface area contributed by atoms with Crippen LogP contribution in [0.3, 0.4) is 0 Å². The van der Waals surface area contributed by atoms with Crippen molar-refractivity contribution in [3.63, 3.8) is 0 Å². The predicted octanol–water partition coefficient (Wildman–Crippen LogP) is 4.25. The molecule has 0 radical (unpaired) electrons. The molecule has 6 fully saturated rings. The molecule has 182 valence electrons. The number of carbonyl (C=O) groups excluding carboxylic acids is 3. The molecule has 5 aliphatic carbocycles. The second-order valence-electron chi connectivity index (χ2n) is 11.6. The largest absolute Gasteiger partial charge is 0.493 e. The molecule has 1 aliphatic heterocycles. The predicted molar refractivity (Wildman–Crippen MR) is 121 cm³/mol. The fourth-order valence-electron chi connectivity index (χ4n) is 7.68. The first-order valence-corrected chi connectivity index (χ1v) is 12.7. The van der Waals surface area contributed by atoms with Crippen molar-refractivity contribution in [2.75, 3.05) is 20.3 Å². The quantitative estimate of drug-likeness (QED) is 0.583.